The molecule has 0 aliphatic carbocycles. The van der Waals surface area contributed by atoms with Crippen LogP contribution in [0.3, 0.4) is 0 Å². The summed E-state index contributed by atoms with van der Waals surface area (Å²) in [4.78, 5) is 31.6. The monoisotopic (exact) mass is 292 g/mol. The van der Waals surface area contributed by atoms with E-state index in [0.29, 0.717) is 21.5 Å². The van der Waals surface area contributed by atoms with E-state index in [1.54, 1.807) is 31.3 Å². The molecule has 7 nitrogen and oxygen atoms in total. The van der Waals surface area contributed by atoms with Gasteiger partial charge in [0.2, 0.25) is 0 Å². The van der Waals surface area contributed by atoms with Crippen molar-refractivity contribution < 1.29 is 14.3 Å². The van der Waals surface area contributed by atoms with Crippen LogP contribution in [0.2, 0.25) is 0 Å². The van der Waals surface area contributed by atoms with Crippen LogP contribution in [-0.4, -0.2) is 29.1 Å². The number of urea groups is 1. The Hall–Kier alpha value is -2.48. The standard InChI is InChI=1S/C12H12N4O3S/c1-7-9(10(17)19-2)20-12(14-7)16-11(18)15-8-5-3-4-6-13-8/h3-6H,1-2H3,(H2,13,14,15,16,18). The number of rotatable bonds is 3. The van der Waals surface area contributed by atoms with Gasteiger partial charge in [0, 0.05) is 6.20 Å². The summed E-state index contributed by atoms with van der Waals surface area (Å²) < 4.78 is 4.62. The normalized spacial score (nSPS) is 9.90. The first-order chi connectivity index (χ1) is 9.60. The van der Waals surface area contributed by atoms with Crippen molar-refractivity contribution in [3.05, 3.63) is 35.0 Å². The van der Waals surface area contributed by atoms with Gasteiger partial charge >= 0.3 is 12.0 Å². The number of hydrogen-bond acceptors (Lipinski definition) is 6. The van der Waals surface area contributed by atoms with Crippen LogP contribution in [0.15, 0.2) is 24.4 Å². The summed E-state index contributed by atoms with van der Waals surface area (Å²) in [6.07, 6.45) is 1.57. The number of thiazole rings is 1. The maximum Gasteiger partial charge on any atom is 0.350 e. The third kappa shape index (κ3) is 3.29. The van der Waals surface area contributed by atoms with E-state index in [4.69, 9.17) is 0 Å². The fourth-order valence-electron chi connectivity index (χ4n) is 1.41. The molecule has 0 aliphatic rings. The second-order valence-electron chi connectivity index (χ2n) is 3.72. The van der Waals surface area contributed by atoms with Gasteiger partial charge in [0.25, 0.3) is 0 Å². The van der Waals surface area contributed by atoms with E-state index in [-0.39, 0.29) is 0 Å². The van der Waals surface area contributed by atoms with E-state index in [2.05, 4.69) is 25.3 Å². The van der Waals surface area contributed by atoms with Crippen LogP contribution in [0.5, 0.6) is 0 Å². The molecule has 8 heteroatoms. The highest BCUT2D eigenvalue weighted by Crippen LogP contribution is 2.23. The van der Waals surface area contributed by atoms with Crippen LogP contribution >= 0.6 is 11.3 Å². The molecule has 0 fully saturated rings. The first kappa shape index (κ1) is 13.9. The number of ether oxygens (including phenoxy) is 1. The zero-order valence-corrected chi connectivity index (χ0v) is 11.7. The van der Waals surface area contributed by atoms with Gasteiger partial charge in [0.1, 0.15) is 10.7 Å². The quantitative estimate of drug-likeness (QED) is 0.846. The molecule has 2 aromatic heterocycles. The SMILES string of the molecule is COC(=O)c1sc(NC(=O)Nc2ccccn2)nc1C. The van der Waals surface area contributed by atoms with Gasteiger partial charge in [-0.15, -0.1) is 0 Å². The van der Waals surface area contributed by atoms with Crippen LogP contribution in [0.1, 0.15) is 15.4 Å². The summed E-state index contributed by atoms with van der Waals surface area (Å²) in [6.45, 7) is 1.67. The molecule has 2 N–H and O–H groups in total. The summed E-state index contributed by atoms with van der Waals surface area (Å²) in [5.41, 5.74) is 0.509. The van der Waals surface area contributed by atoms with E-state index in [0.717, 1.165) is 11.3 Å². The van der Waals surface area contributed by atoms with Gasteiger partial charge in [-0.3, -0.25) is 10.6 Å². The maximum atomic E-state index is 11.7. The summed E-state index contributed by atoms with van der Waals surface area (Å²) in [6, 6.07) is 4.68. The Morgan fingerprint density at radius 3 is 2.75 bits per heavy atom. The fraction of sp³-hybridized carbons (Fsp3) is 0.167. The highest BCUT2D eigenvalue weighted by Gasteiger charge is 2.16. The molecular weight excluding hydrogens is 280 g/mol. The van der Waals surface area contributed by atoms with E-state index in [9.17, 15) is 9.59 Å². The molecule has 0 saturated heterocycles. The number of carbonyl (C=O) groups excluding carboxylic acids is 2. The number of pyridine rings is 1. The van der Waals surface area contributed by atoms with Gasteiger partial charge < -0.3 is 4.74 Å². The molecule has 2 rings (SSSR count). The van der Waals surface area contributed by atoms with Gasteiger partial charge in [-0.05, 0) is 19.1 Å². The van der Waals surface area contributed by atoms with Crippen molar-refractivity contribution in [1.82, 2.24) is 9.97 Å². The summed E-state index contributed by atoms with van der Waals surface area (Å²) >= 11 is 1.05. The minimum Gasteiger partial charge on any atom is -0.465 e. The van der Waals surface area contributed by atoms with Gasteiger partial charge in [-0.2, -0.15) is 0 Å². The first-order valence-electron chi connectivity index (χ1n) is 5.65. The molecule has 2 heterocycles. The Kier molecular flexibility index (Phi) is 4.26. The number of amides is 2. The van der Waals surface area contributed by atoms with Crippen molar-refractivity contribution in [2.75, 3.05) is 17.7 Å². The number of nitrogens with one attached hydrogen (secondary N) is 2. The average molecular weight is 292 g/mol. The number of anilines is 2. The second kappa shape index (κ2) is 6.11. The first-order valence-corrected chi connectivity index (χ1v) is 6.46. The topological polar surface area (TPSA) is 93.2 Å². The van der Waals surface area contributed by atoms with Gasteiger partial charge in [0.05, 0.1) is 12.8 Å². The lowest BCUT2D eigenvalue weighted by atomic mass is 10.4. The number of carbonyl (C=O) groups is 2. The van der Waals surface area contributed by atoms with Crippen LogP contribution in [0.25, 0.3) is 0 Å². The summed E-state index contributed by atoms with van der Waals surface area (Å²) in [7, 11) is 1.29. The lowest BCUT2D eigenvalue weighted by molar-refractivity contribution is 0.0605. The maximum absolute atomic E-state index is 11.7. The van der Waals surface area contributed by atoms with E-state index in [1.807, 2.05) is 0 Å². The van der Waals surface area contributed by atoms with Gasteiger partial charge in [-0.1, -0.05) is 17.4 Å². The Bertz CT molecular complexity index is 627. The predicted molar refractivity (Wildman–Crippen MR) is 75.1 cm³/mol. The minimum absolute atomic E-state index is 0.316. The minimum atomic E-state index is -0.478. The molecule has 0 aromatic carbocycles. The third-order valence-corrected chi connectivity index (χ3v) is 3.35. The van der Waals surface area contributed by atoms with E-state index in [1.165, 1.54) is 7.11 Å². The molecule has 2 amide bonds. The molecule has 0 spiro atoms. The zero-order chi connectivity index (χ0) is 14.5. The van der Waals surface area contributed by atoms with Gasteiger partial charge in [-0.25, -0.2) is 19.6 Å². The molecule has 0 unspecified atom stereocenters. The lowest BCUT2D eigenvalue weighted by Gasteiger charge is -2.03. The smallest absolute Gasteiger partial charge is 0.350 e. The number of nitrogens with zero attached hydrogens (tertiary/aromatic N) is 2. The lowest BCUT2D eigenvalue weighted by Crippen LogP contribution is -2.19. The highest BCUT2D eigenvalue weighted by molar-refractivity contribution is 7.17. The molecule has 20 heavy (non-hydrogen) atoms. The van der Waals surface area contributed by atoms with Crippen molar-refractivity contribution in [1.29, 1.82) is 0 Å². The average Bonchev–Trinajstić information content (AvgIpc) is 2.79. The number of hydrogen-bond donors (Lipinski definition) is 2. The number of aromatic nitrogens is 2. The summed E-state index contributed by atoms with van der Waals surface area (Å²) in [5, 5.41) is 5.41. The fourth-order valence-corrected chi connectivity index (χ4v) is 2.29. The van der Waals surface area contributed by atoms with Crippen LogP contribution < -0.4 is 10.6 Å². The number of methoxy groups -OCH3 is 1. The van der Waals surface area contributed by atoms with Crippen molar-refractivity contribution in [3.8, 4) is 0 Å². The van der Waals surface area contributed by atoms with E-state index < -0.39 is 12.0 Å². The second-order valence-corrected chi connectivity index (χ2v) is 4.72. The molecule has 0 atom stereocenters. The Morgan fingerprint density at radius 2 is 2.10 bits per heavy atom. The Balaban J connectivity index is 2.03. The third-order valence-electron chi connectivity index (χ3n) is 2.29. The molecule has 0 saturated carbocycles. The number of esters is 1. The van der Waals surface area contributed by atoms with Crippen molar-refractivity contribution in [2.24, 2.45) is 0 Å². The molecular formula is C12H12N4O3S. The van der Waals surface area contributed by atoms with Crippen LogP contribution in [-0.2, 0) is 4.74 Å². The van der Waals surface area contributed by atoms with Crippen LogP contribution in [0, 0.1) is 6.92 Å². The van der Waals surface area contributed by atoms with Crippen molar-refractivity contribution >= 4 is 34.3 Å². The Labute approximate surface area is 119 Å². The van der Waals surface area contributed by atoms with Crippen LogP contribution in [0.4, 0.5) is 15.7 Å². The molecule has 0 bridgehead atoms. The van der Waals surface area contributed by atoms with Gasteiger partial charge in [0.15, 0.2) is 5.13 Å². The largest absolute Gasteiger partial charge is 0.465 e. The van der Waals surface area contributed by atoms with Crippen molar-refractivity contribution in [2.45, 2.75) is 6.92 Å². The molecule has 104 valence electrons. The van der Waals surface area contributed by atoms with Crippen molar-refractivity contribution in [3.63, 3.8) is 0 Å². The molecule has 2 aromatic rings. The molecule has 0 aliphatic heterocycles. The Morgan fingerprint density at radius 1 is 1.30 bits per heavy atom. The number of aryl methyl sites for hydroxylation is 1. The highest BCUT2D eigenvalue weighted by atomic mass is 32.1. The van der Waals surface area contributed by atoms with E-state index >= 15 is 0 Å². The zero-order valence-electron chi connectivity index (χ0n) is 10.8. The predicted octanol–water partition coefficient (Wildman–Crippen LogP) is 2.28. The molecule has 0 radical (unpaired) electrons. The summed E-state index contributed by atoms with van der Waals surface area (Å²) in [5.74, 6) is -0.0512.